The van der Waals surface area contributed by atoms with Gasteiger partial charge in [-0.05, 0) is 70.6 Å². The van der Waals surface area contributed by atoms with Crippen LogP contribution < -0.4 is 10.7 Å². The molecule has 0 bridgehead atoms. The first-order chi connectivity index (χ1) is 20.8. The Balaban J connectivity index is 1.45. The van der Waals surface area contributed by atoms with Gasteiger partial charge in [-0.15, -0.1) is 0 Å². The number of hydrazine groups is 1. The quantitative estimate of drug-likeness (QED) is 0.409. The zero-order valence-corrected chi connectivity index (χ0v) is 27.7. The molecule has 1 aliphatic carbocycles. The molecule has 2 heterocycles. The van der Waals surface area contributed by atoms with Crippen LogP contribution in [0.25, 0.3) is 0 Å². The van der Waals surface area contributed by atoms with Gasteiger partial charge in [-0.2, -0.15) is 0 Å². The maximum Gasteiger partial charge on any atom is 0.410 e. The summed E-state index contributed by atoms with van der Waals surface area (Å²) < 4.78 is 5.54. The first kappa shape index (κ1) is 34.0. The molecule has 244 valence electrons. The summed E-state index contributed by atoms with van der Waals surface area (Å²) in [6, 6.07) is 5.86. The van der Waals surface area contributed by atoms with E-state index in [1.807, 2.05) is 31.0 Å². The van der Waals surface area contributed by atoms with E-state index in [0.29, 0.717) is 37.5 Å². The summed E-state index contributed by atoms with van der Waals surface area (Å²) in [5, 5.41) is 5.40. The van der Waals surface area contributed by atoms with E-state index in [2.05, 4.69) is 15.6 Å². The van der Waals surface area contributed by atoms with E-state index in [1.165, 1.54) is 11.3 Å². The van der Waals surface area contributed by atoms with Gasteiger partial charge in [0.2, 0.25) is 11.8 Å². The van der Waals surface area contributed by atoms with E-state index in [4.69, 9.17) is 16.3 Å². The normalized spacial score (nSPS) is 22.1. The summed E-state index contributed by atoms with van der Waals surface area (Å²) in [6.07, 6.45) is 7.20. The summed E-state index contributed by atoms with van der Waals surface area (Å²) in [6.45, 7) is 10.8. The second-order valence-electron chi connectivity index (χ2n) is 13.8. The number of amides is 4. The number of ether oxygens (including phenoxy) is 1. The van der Waals surface area contributed by atoms with Crippen LogP contribution >= 0.6 is 11.6 Å². The van der Waals surface area contributed by atoms with Crippen molar-refractivity contribution < 1.29 is 23.9 Å². The van der Waals surface area contributed by atoms with Gasteiger partial charge in [0.1, 0.15) is 17.7 Å². The lowest BCUT2D eigenvalue weighted by atomic mass is 9.92. The van der Waals surface area contributed by atoms with Crippen LogP contribution in [-0.2, 0) is 25.5 Å². The molecule has 3 aliphatic rings. The van der Waals surface area contributed by atoms with E-state index >= 15 is 0 Å². The van der Waals surface area contributed by atoms with Crippen molar-refractivity contribution in [3.63, 3.8) is 0 Å². The minimum absolute atomic E-state index is 0.0264. The van der Waals surface area contributed by atoms with Gasteiger partial charge < -0.3 is 15.0 Å². The molecule has 1 saturated carbocycles. The van der Waals surface area contributed by atoms with Crippen LogP contribution in [-0.4, -0.2) is 88.0 Å². The van der Waals surface area contributed by atoms with Gasteiger partial charge in [-0.25, -0.2) is 9.80 Å². The van der Waals surface area contributed by atoms with Crippen molar-refractivity contribution in [3.05, 3.63) is 34.9 Å². The van der Waals surface area contributed by atoms with E-state index < -0.39 is 23.8 Å². The number of nitrogens with one attached hydrogen (secondary N) is 2. The SMILES string of the molecule is CC(C)C(=O)N(C1CCCCC1)[C@H]1CCN(NC(=O)C(Cc2ccc(Cl)cc2)NC(=O)[C@H]2CCCN2C(=O)OC(C)(C)C)C1. The second kappa shape index (κ2) is 15.0. The molecule has 4 rings (SSSR count). The number of likely N-dealkylation sites (tertiary alicyclic amines) is 1. The van der Waals surface area contributed by atoms with E-state index in [-0.39, 0.29) is 42.1 Å². The van der Waals surface area contributed by atoms with Gasteiger partial charge in [-0.3, -0.25) is 24.7 Å². The van der Waals surface area contributed by atoms with Crippen LogP contribution in [0.5, 0.6) is 0 Å². The van der Waals surface area contributed by atoms with Crippen molar-refractivity contribution >= 4 is 35.4 Å². The molecule has 1 aromatic rings. The lowest BCUT2D eigenvalue weighted by molar-refractivity contribution is -0.140. The van der Waals surface area contributed by atoms with Crippen LogP contribution in [0.4, 0.5) is 4.79 Å². The molecule has 4 amide bonds. The molecule has 2 N–H and O–H groups in total. The Hall–Kier alpha value is -2.85. The fourth-order valence-corrected chi connectivity index (χ4v) is 6.66. The van der Waals surface area contributed by atoms with Gasteiger partial charge in [-0.1, -0.05) is 56.8 Å². The molecule has 44 heavy (non-hydrogen) atoms. The van der Waals surface area contributed by atoms with Crippen LogP contribution in [0, 0.1) is 5.92 Å². The van der Waals surface area contributed by atoms with E-state index in [1.54, 1.807) is 32.9 Å². The summed E-state index contributed by atoms with van der Waals surface area (Å²) >= 11 is 6.09. The first-order valence-electron chi connectivity index (χ1n) is 16.2. The summed E-state index contributed by atoms with van der Waals surface area (Å²) in [5.74, 6) is -0.632. The predicted molar refractivity (Wildman–Crippen MR) is 170 cm³/mol. The van der Waals surface area contributed by atoms with Gasteiger partial charge in [0.05, 0.1) is 0 Å². The molecule has 0 aromatic heterocycles. The molecule has 2 saturated heterocycles. The minimum atomic E-state index is -0.879. The van der Waals surface area contributed by atoms with Gasteiger partial charge in [0, 0.05) is 49.1 Å². The Morgan fingerprint density at radius 1 is 0.955 bits per heavy atom. The summed E-state index contributed by atoms with van der Waals surface area (Å²) in [5.41, 5.74) is 3.20. The monoisotopic (exact) mass is 631 g/mol. The Morgan fingerprint density at radius 3 is 2.27 bits per heavy atom. The Labute approximate surface area is 267 Å². The Bertz CT molecular complexity index is 1160. The molecular weight excluding hydrogens is 582 g/mol. The maximum atomic E-state index is 13.8. The fraction of sp³-hybridized carbons (Fsp3) is 0.697. The van der Waals surface area contributed by atoms with E-state index in [9.17, 15) is 19.2 Å². The van der Waals surface area contributed by atoms with Gasteiger partial charge in [0.25, 0.3) is 5.91 Å². The molecular formula is C33H50ClN5O5. The number of benzene rings is 1. The number of carbonyl (C=O) groups is 4. The van der Waals surface area contributed by atoms with Crippen molar-refractivity contribution in [3.8, 4) is 0 Å². The molecule has 1 aromatic carbocycles. The van der Waals surface area contributed by atoms with E-state index in [0.717, 1.165) is 37.7 Å². The molecule has 3 fully saturated rings. The first-order valence-corrected chi connectivity index (χ1v) is 16.6. The topological polar surface area (TPSA) is 111 Å². The largest absolute Gasteiger partial charge is 0.444 e. The highest BCUT2D eigenvalue weighted by Gasteiger charge is 2.40. The molecule has 2 aliphatic heterocycles. The Kier molecular flexibility index (Phi) is 11.6. The average Bonchev–Trinajstić information content (AvgIpc) is 3.64. The predicted octanol–water partition coefficient (Wildman–Crippen LogP) is 4.69. The standard InChI is InChI=1S/C33H50ClN5O5/c1-22(2)31(42)39(25-10-7-6-8-11-25)26-17-19-37(21-26)36-29(40)27(20-23-13-15-24(34)16-14-23)35-30(41)28-12-9-18-38(28)32(43)44-33(3,4)5/h13-16,22,25-28H,6-12,17-21H2,1-5H3,(H,35,41)(H,36,40)/t26-,27?,28+/m0/s1. The molecule has 11 heteroatoms. The summed E-state index contributed by atoms with van der Waals surface area (Å²) in [4.78, 5) is 57.0. The van der Waals surface area contributed by atoms with Gasteiger partial charge >= 0.3 is 6.09 Å². The molecule has 3 atom stereocenters. The zero-order chi connectivity index (χ0) is 32.0. The number of nitrogens with zero attached hydrogens (tertiary/aromatic N) is 3. The number of hydrogen-bond acceptors (Lipinski definition) is 6. The van der Waals surface area contributed by atoms with Crippen molar-refractivity contribution in [2.45, 2.75) is 122 Å². The fourth-order valence-electron chi connectivity index (χ4n) is 6.53. The number of halogens is 1. The highest BCUT2D eigenvalue weighted by molar-refractivity contribution is 6.30. The lowest BCUT2D eigenvalue weighted by Gasteiger charge is -2.39. The highest BCUT2D eigenvalue weighted by Crippen LogP contribution is 2.29. The van der Waals surface area contributed by atoms with Crippen molar-refractivity contribution in [1.82, 2.24) is 25.6 Å². The molecule has 0 spiro atoms. The summed E-state index contributed by atoms with van der Waals surface area (Å²) in [7, 11) is 0. The Morgan fingerprint density at radius 2 is 1.64 bits per heavy atom. The van der Waals surface area contributed by atoms with Crippen molar-refractivity contribution in [1.29, 1.82) is 0 Å². The number of carbonyl (C=O) groups excluding carboxylic acids is 4. The van der Waals surface area contributed by atoms with Crippen LogP contribution in [0.2, 0.25) is 5.02 Å². The highest BCUT2D eigenvalue weighted by atomic mass is 35.5. The number of rotatable bonds is 9. The van der Waals surface area contributed by atoms with Crippen LogP contribution in [0.1, 0.15) is 91.5 Å². The molecule has 10 nitrogen and oxygen atoms in total. The lowest BCUT2D eigenvalue weighted by Crippen LogP contribution is -2.57. The van der Waals surface area contributed by atoms with Crippen LogP contribution in [0.3, 0.4) is 0 Å². The number of hydrogen-bond donors (Lipinski definition) is 2. The third-order valence-corrected chi connectivity index (χ3v) is 8.96. The third kappa shape index (κ3) is 9.10. The van der Waals surface area contributed by atoms with Crippen molar-refractivity contribution in [2.75, 3.05) is 19.6 Å². The third-order valence-electron chi connectivity index (χ3n) is 8.71. The minimum Gasteiger partial charge on any atom is -0.444 e. The zero-order valence-electron chi connectivity index (χ0n) is 26.9. The maximum absolute atomic E-state index is 13.8. The smallest absolute Gasteiger partial charge is 0.410 e. The average molecular weight is 632 g/mol. The van der Waals surface area contributed by atoms with Gasteiger partial charge in [0.15, 0.2) is 0 Å². The molecule has 1 unspecified atom stereocenters. The molecule has 0 radical (unpaired) electrons. The second-order valence-corrected chi connectivity index (χ2v) is 14.2. The van der Waals surface area contributed by atoms with Crippen LogP contribution in [0.15, 0.2) is 24.3 Å². The van der Waals surface area contributed by atoms with Crippen molar-refractivity contribution in [2.24, 2.45) is 5.92 Å².